The number of aliphatic hydroxyl groups excluding tert-OH is 1. The van der Waals surface area contributed by atoms with Crippen LogP contribution in [0.25, 0.3) is 0 Å². The van der Waals surface area contributed by atoms with E-state index in [1.807, 2.05) is 6.07 Å². The molecule has 0 bridgehead atoms. The van der Waals surface area contributed by atoms with Crippen molar-refractivity contribution >= 4 is 0 Å². The zero-order chi connectivity index (χ0) is 12.0. The Kier molecular flexibility index (Phi) is 4.90. The number of likely N-dealkylation sites (N-methyl/N-ethyl adjacent to an activating group) is 1. The molecule has 0 aliphatic rings. The molecule has 1 unspecified atom stereocenters. The van der Waals surface area contributed by atoms with E-state index in [1.54, 1.807) is 30.1 Å². The standard InChI is InChI=1S/C12H15FN2O/c1-15(8-4-7-14)9-12(16)10-5-2-3-6-11(10)13/h2-3,5-6,12,16H,4,8-9H2,1H3. The van der Waals surface area contributed by atoms with Crippen LogP contribution in [0, 0.1) is 17.1 Å². The minimum atomic E-state index is -0.857. The largest absolute Gasteiger partial charge is 0.387 e. The lowest BCUT2D eigenvalue weighted by atomic mass is 10.1. The first-order valence-corrected chi connectivity index (χ1v) is 5.13. The maximum absolute atomic E-state index is 13.3. The van der Waals surface area contributed by atoms with Crippen molar-refractivity contribution in [3.63, 3.8) is 0 Å². The van der Waals surface area contributed by atoms with Gasteiger partial charge in [0.2, 0.25) is 0 Å². The number of aliphatic hydroxyl groups is 1. The topological polar surface area (TPSA) is 47.3 Å². The van der Waals surface area contributed by atoms with E-state index in [4.69, 9.17) is 5.26 Å². The number of halogens is 1. The van der Waals surface area contributed by atoms with E-state index in [0.717, 1.165) is 0 Å². The summed E-state index contributed by atoms with van der Waals surface area (Å²) in [6, 6.07) is 8.20. The molecule has 0 radical (unpaired) electrons. The molecule has 4 heteroatoms. The Hall–Kier alpha value is -1.44. The van der Waals surface area contributed by atoms with Gasteiger partial charge in [-0.05, 0) is 13.1 Å². The number of nitriles is 1. The second kappa shape index (κ2) is 6.21. The summed E-state index contributed by atoms with van der Waals surface area (Å²) in [5, 5.41) is 18.2. The van der Waals surface area contributed by atoms with Crippen LogP contribution in [-0.4, -0.2) is 30.1 Å². The summed E-state index contributed by atoms with van der Waals surface area (Å²) in [7, 11) is 1.79. The molecule has 0 saturated carbocycles. The smallest absolute Gasteiger partial charge is 0.129 e. The fourth-order valence-electron chi connectivity index (χ4n) is 1.47. The summed E-state index contributed by atoms with van der Waals surface area (Å²) in [5.41, 5.74) is 0.298. The molecule has 0 aromatic heterocycles. The minimum Gasteiger partial charge on any atom is -0.387 e. The summed E-state index contributed by atoms with van der Waals surface area (Å²) >= 11 is 0. The molecule has 16 heavy (non-hydrogen) atoms. The van der Waals surface area contributed by atoms with E-state index in [-0.39, 0.29) is 0 Å². The molecule has 1 N–H and O–H groups in total. The third-order valence-electron chi connectivity index (χ3n) is 2.35. The molecule has 1 aromatic carbocycles. The Morgan fingerprint density at radius 2 is 2.19 bits per heavy atom. The quantitative estimate of drug-likeness (QED) is 0.825. The van der Waals surface area contributed by atoms with E-state index >= 15 is 0 Å². The molecule has 0 spiro atoms. The first kappa shape index (κ1) is 12.6. The Balaban J connectivity index is 2.56. The number of hydrogen-bond acceptors (Lipinski definition) is 3. The molecule has 0 heterocycles. The van der Waals surface area contributed by atoms with Gasteiger partial charge in [0, 0.05) is 25.1 Å². The van der Waals surface area contributed by atoms with Gasteiger partial charge in [0.25, 0.3) is 0 Å². The van der Waals surface area contributed by atoms with Gasteiger partial charge in [-0.15, -0.1) is 0 Å². The van der Waals surface area contributed by atoms with Gasteiger partial charge >= 0.3 is 0 Å². The second-order valence-electron chi connectivity index (χ2n) is 3.71. The summed E-state index contributed by atoms with van der Waals surface area (Å²) in [6.45, 7) is 0.893. The van der Waals surface area contributed by atoms with Crippen molar-refractivity contribution in [1.82, 2.24) is 4.90 Å². The van der Waals surface area contributed by atoms with Crippen molar-refractivity contribution in [3.8, 4) is 6.07 Å². The molecule has 1 atom stereocenters. The monoisotopic (exact) mass is 222 g/mol. The summed E-state index contributed by atoms with van der Waals surface area (Å²) in [4.78, 5) is 1.81. The van der Waals surface area contributed by atoms with Crippen molar-refractivity contribution in [2.75, 3.05) is 20.1 Å². The second-order valence-corrected chi connectivity index (χ2v) is 3.71. The van der Waals surface area contributed by atoms with E-state index < -0.39 is 11.9 Å². The minimum absolute atomic E-state index is 0.298. The molecular weight excluding hydrogens is 207 g/mol. The normalized spacial score (nSPS) is 12.4. The lowest BCUT2D eigenvalue weighted by Gasteiger charge is -2.19. The molecule has 3 nitrogen and oxygen atoms in total. The first-order chi connectivity index (χ1) is 7.65. The van der Waals surface area contributed by atoms with Crippen LogP contribution >= 0.6 is 0 Å². The maximum atomic E-state index is 13.3. The SMILES string of the molecule is CN(CCC#N)CC(O)c1ccccc1F. The van der Waals surface area contributed by atoms with E-state index in [1.165, 1.54) is 6.07 Å². The average Bonchev–Trinajstić information content (AvgIpc) is 2.26. The van der Waals surface area contributed by atoms with Crippen LogP contribution in [0.5, 0.6) is 0 Å². The Bertz CT molecular complexity index is 376. The van der Waals surface area contributed by atoms with Crippen LogP contribution in [0.2, 0.25) is 0 Å². The highest BCUT2D eigenvalue weighted by molar-refractivity contribution is 5.19. The van der Waals surface area contributed by atoms with Crippen LogP contribution in [-0.2, 0) is 0 Å². The molecule has 1 aromatic rings. The maximum Gasteiger partial charge on any atom is 0.129 e. The Labute approximate surface area is 94.7 Å². The van der Waals surface area contributed by atoms with E-state index in [2.05, 4.69) is 0 Å². The fraction of sp³-hybridized carbons (Fsp3) is 0.417. The molecule has 0 aliphatic heterocycles. The lowest BCUT2D eigenvalue weighted by Crippen LogP contribution is -2.25. The van der Waals surface area contributed by atoms with Gasteiger partial charge in [0.1, 0.15) is 5.82 Å². The highest BCUT2D eigenvalue weighted by atomic mass is 19.1. The van der Waals surface area contributed by atoms with Crippen molar-refractivity contribution in [2.24, 2.45) is 0 Å². The molecular formula is C12H15FN2O. The molecule has 0 saturated heterocycles. The molecule has 0 amide bonds. The Morgan fingerprint density at radius 1 is 1.50 bits per heavy atom. The summed E-state index contributed by atoms with van der Waals surface area (Å²) in [6.07, 6.45) is -0.453. The zero-order valence-electron chi connectivity index (χ0n) is 9.23. The van der Waals surface area contributed by atoms with Gasteiger partial charge in [0.15, 0.2) is 0 Å². The van der Waals surface area contributed by atoms with Gasteiger partial charge in [-0.2, -0.15) is 5.26 Å². The molecule has 0 fully saturated rings. The zero-order valence-corrected chi connectivity index (χ0v) is 9.23. The van der Waals surface area contributed by atoms with Crippen LogP contribution in [0.15, 0.2) is 24.3 Å². The fourth-order valence-corrected chi connectivity index (χ4v) is 1.47. The summed E-state index contributed by atoms with van der Waals surface area (Å²) < 4.78 is 13.3. The predicted molar refractivity (Wildman–Crippen MR) is 59.1 cm³/mol. The van der Waals surface area contributed by atoms with E-state index in [9.17, 15) is 9.50 Å². The van der Waals surface area contributed by atoms with Gasteiger partial charge in [-0.1, -0.05) is 18.2 Å². The first-order valence-electron chi connectivity index (χ1n) is 5.13. The molecule has 86 valence electrons. The van der Waals surface area contributed by atoms with Crippen molar-refractivity contribution in [2.45, 2.75) is 12.5 Å². The van der Waals surface area contributed by atoms with Crippen molar-refractivity contribution in [3.05, 3.63) is 35.6 Å². The van der Waals surface area contributed by atoms with Crippen LogP contribution < -0.4 is 0 Å². The van der Waals surface area contributed by atoms with Gasteiger partial charge in [-0.25, -0.2) is 4.39 Å². The number of hydrogen-bond donors (Lipinski definition) is 1. The third-order valence-corrected chi connectivity index (χ3v) is 2.35. The predicted octanol–water partition coefficient (Wildman–Crippen LogP) is 1.70. The van der Waals surface area contributed by atoms with Crippen LogP contribution in [0.3, 0.4) is 0 Å². The van der Waals surface area contributed by atoms with Crippen molar-refractivity contribution < 1.29 is 9.50 Å². The number of rotatable bonds is 5. The van der Waals surface area contributed by atoms with E-state index in [0.29, 0.717) is 25.1 Å². The highest BCUT2D eigenvalue weighted by Gasteiger charge is 2.13. The van der Waals surface area contributed by atoms with Gasteiger partial charge in [-0.3, -0.25) is 0 Å². The van der Waals surface area contributed by atoms with Crippen LogP contribution in [0.1, 0.15) is 18.1 Å². The highest BCUT2D eigenvalue weighted by Crippen LogP contribution is 2.17. The third kappa shape index (κ3) is 3.61. The van der Waals surface area contributed by atoms with Gasteiger partial charge in [0.05, 0.1) is 12.2 Å². The molecule has 1 rings (SSSR count). The van der Waals surface area contributed by atoms with Crippen molar-refractivity contribution in [1.29, 1.82) is 5.26 Å². The van der Waals surface area contributed by atoms with Crippen LogP contribution in [0.4, 0.5) is 4.39 Å². The summed E-state index contributed by atoms with van der Waals surface area (Å²) in [5.74, 6) is -0.399. The number of benzene rings is 1. The van der Waals surface area contributed by atoms with Gasteiger partial charge < -0.3 is 10.0 Å². The lowest BCUT2D eigenvalue weighted by molar-refractivity contribution is 0.124. The average molecular weight is 222 g/mol. The number of nitrogens with zero attached hydrogens (tertiary/aromatic N) is 2. The Morgan fingerprint density at radius 3 is 2.81 bits per heavy atom. The molecule has 0 aliphatic carbocycles.